The maximum atomic E-state index is 3.30. The Morgan fingerprint density at radius 3 is 2.10 bits per heavy atom. The molecular weight excluding hydrogens is 366 g/mol. The molecule has 108 valence electrons. The molecule has 0 amide bonds. The van der Waals surface area contributed by atoms with Crippen molar-refractivity contribution in [3.8, 4) is 0 Å². The van der Waals surface area contributed by atoms with E-state index in [2.05, 4.69) is 44.2 Å². The third-order valence-corrected chi connectivity index (χ3v) is 2.86. The number of hydrogen-bond donors (Lipinski definition) is 0. The molecule has 0 aliphatic heterocycles. The topological polar surface area (TPSA) is 0 Å². The zero-order chi connectivity index (χ0) is 11.4. The molecule has 0 nitrogen and oxygen atoms in total. The van der Waals surface area contributed by atoms with Gasteiger partial charge in [0.05, 0.1) is 0 Å². The van der Waals surface area contributed by atoms with Crippen molar-refractivity contribution in [2.45, 2.75) is 19.8 Å². The van der Waals surface area contributed by atoms with Gasteiger partial charge in [-0.05, 0) is 0 Å². The van der Waals surface area contributed by atoms with Gasteiger partial charge in [-0.25, -0.2) is 18.2 Å². The number of aryl methyl sites for hydroxylation is 1. The van der Waals surface area contributed by atoms with Crippen LogP contribution in [0.3, 0.4) is 0 Å². The molecule has 20 heavy (non-hydrogen) atoms. The fourth-order valence-electron chi connectivity index (χ4n) is 1.90. The van der Waals surface area contributed by atoms with Gasteiger partial charge in [0.2, 0.25) is 0 Å². The van der Waals surface area contributed by atoms with Crippen molar-refractivity contribution in [3.63, 3.8) is 0 Å². The average Bonchev–Trinajstić information content (AvgIpc) is 2.93. The monoisotopic (exact) mass is 383 g/mol. The molecule has 1 aliphatic rings. The summed E-state index contributed by atoms with van der Waals surface area (Å²) >= 11 is 0. The van der Waals surface area contributed by atoms with Crippen LogP contribution >= 0.6 is 0 Å². The predicted octanol–water partition coefficient (Wildman–Crippen LogP) is -1.21. The van der Waals surface area contributed by atoms with Crippen molar-refractivity contribution < 1.29 is 51.0 Å². The van der Waals surface area contributed by atoms with E-state index in [-0.39, 0.29) is 58.4 Å². The number of hydrogen-bond acceptors (Lipinski definition) is 0. The van der Waals surface area contributed by atoms with Crippen molar-refractivity contribution in [2.75, 3.05) is 0 Å². The van der Waals surface area contributed by atoms with Gasteiger partial charge in [-0.1, -0.05) is 38.0 Å². The van der Waals surface area contributed by atoms with Gasteiger partial charge in [-0.3, -0.25) is 6.08 Å². The Morgan fingerprint density at radius 2 is 1.65 bits per heavy atom. The Hall–Kier alpha value is -0.227. The summed E-state index contributed by atoms with van der Waals surface area (Å²) in [5.74, 6) is 0.491. The Kier molecular flexibility index (Phi) is 15.5. The minimum atomic E-state index is 0. The molecule has 2 aromatic carbocycles. The Morgan fingerprint density at radius 1 is 1.05 bits per heavy atom. The zero-order valence-corrected chi connectivity index (χ0v) is 16.0. The van der Waals surface area contributed by atoms with Crippen LogP contribution in [-0.2, 0) is 26.2 Å². The normalized spacial score (nSPS) is 13.2. The number of halogens is 2. The van der Waals surface area contributed by atoms with E-state index in [0.29, 0.717) is 5.92 Å². The van der Waals surface area contributed by atoms with Crippen LogP contribution in [0.15, 0.2) is 48.5 Å². The summed E-state index contributed by atoms with van der Waals surface area (Å²) in [4.78, 5) is 0. The summed E-state index contributed by atoms with van der Waals surface area (Å²) in [6, 6.07) is 16.4. The van der Waals surface area contributed by atoms with Crippen LogP contribution in [0.2, 0.25) is 0 Å². The quantitative estimate of drug-likeness (QED) is 0.500. The first kappa shape index (κ1) is 24.8. The van der Waals surface area contributed by atoms with Crippen LogP contribution in [-0.4, -0.2) is 0 Å². The predicted molar refractivity (Wildman–Crippen MR) is 75.8 cm³/mol. The molecule has 0 radical (unpaired) electrons. The van der Waals surface area contributed by atoms with Gasteiger partial charge >= 0.3 is 26.2 Å². The molecule has 0 spiro atoms. The molecule has 0 bridgehead atoms. The molecule has 1 atom stereocenters. The summed E-state index contributed by atoms with van der Waals surface area (Å²) in [5.41, 5.74) is 4.16. The smallest absolute Gasteiger partial charge is 1.00 e. The third kappa shape index (κ3) is 6.48. The van der Waals surface area contributed by atoms with Gasteiger partial charge in [0, 0.05) is 0 Å². The van der Waals surface area contributed by atoms with Gasteiger partial charge < -0.3 is 32.2 Å². The summed E-state index contributed by atoms with van der Waals surface area (Å²) in [5, 5.41) is 0. The summed E-state index contributed by atoms with van der Waals surface area (Å²) < 4.78 is 0. The van der Waals surface area contributed by atoms with Crippen molar-refractivity contribution in [2.24, 2.45) is 0 Å². The molecule has 0 N–H and O–H groups in total. The van der Waals surface area contributed by atoms with Crippen LogP contribution < -0.4 is 24.8 Å². The second kappa shape index (κ2) is 12.5. The zero-order valence-electron chi connectivity index (χ0n) is 12.0. The van der Waals surface area contributed by atoms with Crippen LogP contribution in [0.25, 0.3) is 6.08 Å². The SMILES string of the molecule is Cc1cccc2c1C=[C-]C2C.[CH3-].[Cl-].[Cl-].[Zr+2].c1cc[cH-]c1. The van der Waals surface area contributed by atoms with Crippen molar-refractivity contribution in [1.29, 1.82) is 0 Å². The fourth-order valence-corrected chi connectivity index (χ4v) is 1.90. The van der Waals surface area contributed by atoms with E-state index in [1.54, 1.807) is 0 Å². The summed E-state index contributed by atoms with van der Waals surface area (Å²) in [7, 11) is 0. The summed E-state index contributed by atoms with van der Waals surface area (Å²) in [6.07, 6.45) is 5.41. The average molecular weight is 385 g/mol. The molecule has 0 fully saturated rings. The Balaban J connectivity index is -0.000000283. The van der Waals surface area contributed by atoms with E-state index in [4.69, 9.17) is 0 Å². The van der Waals surface area contributed by atoms with Gasteiger partial charge in [0.25, 0.3) is 0 Å². The maximum absolute atomic E-state index is 3.30. The first-order chi connectivity index (χ1) is 7.79. The van der Waals surface area contributed by atoms with E-state index >= 15 is 0 Å². The van der Waals surface area contributed by atoms with E-state index in [1.165, 1.54) is 16.7 Å². The minimum absolute atomic E-state index is 0. The van der Waals surface area contributed by atoms with Crippen molar-refractivity contribution >= 4 is 6.08 Å². The molecule has 0 aromatic heterocycles. The van der Waals surface area contributed by atoms with Crippen molar-refractivity contribution in [1.82, 2.24) is 0 Å². The maximum Gasteiger partial charge on any atom is 2.00 e. The van der Waals surface area contributed by atoms with E-state index < -0.39 is 0 Å². The van der Waals surface area contributed by atoms with Gasteiger partial charge in [-0.15, -0.1) is 11.1 Å². The Labute approximate surface area is 155 Å². The number of benzene rings is 1. The largest absolute Gasteiger partial charge is 2.00 e. The van der Waals surface area contributed by atoms with Crippen molar-refractivity contribution in [3.05, 3.63) is 78.7 Å². The third-order valence-electron chi connectivity index (χ3n) is 2.86. The minimum Gasteiger partial charge on any atom is -1.00 e. The first-order valence-corrected chi connectivity index (χ1v) is 5.64. The second-order valence-electron chi connectivity index (χ2n) is 4.07. The van der Waals surface area contributed by atoms with E-state index in [0.717, 1.165) is 0 Å². The van der Waals surface area contributed by atoms with E-state index in [9.17, 15) is 0 Å². The molecule has 0 saturated carbocycles. The van der Waals surface area contributed by atoms with Crippen LogP contribution in [0.5, 0.6) is 0 Å². The van der Waals surface area contributed by atoms with Crippen LogP contribution in [0.4, 0.5) is 0 Å². The molecule has 1 aliphatic carbocycles. The summed E-state index contributed by atoms with van der Waals surface area (Å²) in [6.45, 7) is 4.33. The van der Waals surface area contributed by atoms with E-state index in [1.807, 2.05) is 30.3 Å². The molecule has 1 unspecified atom stereocenters. The molecule has 0 heterocycles. The van der Waals surface area contributed by atoms with Crippen LogP contribution in [0, 0.1) is 20.4 Å². The van der Waals surface area contributed by atoms with Crippen LogP contribution in [0.1, 0.15) is 29.5 Å². The number of allylic oxidation sites excluding steroid dienone is 1. The molecule has 3 rings (SSSR count). The van der Waals surface area contributed by atoms with Gasteiger partial charge in [0.15, 0.2) is 0 Å². The Bertz CT molecular complexity index is 459. The molecule has 2 aromatic rings. The van der Waals surface area contributed by atoms with Gasteiger partial charge in [-0.2, -0.15) is 23.8 Å². The molecular formula is C17H19Cl2Zr-3. The fraction of sp³-hybridized carbons (Fsp3) is 0.176. The second-order valence-corrected chi connectivity index (χ2v) is 4.07. The number of fused-ring (bicyclic) bond motifs is 1. The molecule has 0 saturated heterocycles. The van der Waals surface area contributed by atoms with Gasteiger partial charge in [0.1, 0.15) is 0 Å². The molecule has 3 heteroatoms. The first-order valence-electron chi connectivity index (χ1n) is 5.64. The number of rotatable bonds is 0. The standard InChI is InChI=1S/C11H11.C5H5.CH3.2ClH.Zr/c1-8-4-3-5-10-9(2)6-7-11(8)10;1-2-4-5-3-1;;;;/h3-5,7,9H,1-2H3;1-5H;1H3;2*1H;/q3*-1;;;+2/p-2.